The normalized spacial score (nSPS) is 20.6. The molecular weight excluding hydrogens is 166 g/mol. The Morgan fingerprint density at radius 2 is 1.62 bits per heavy atom. The summed E-state index contributed by atoms with van der Waals surface area (Å²) in [6.07, 6.45) is 6.74. The molecule has 0 unspecified atom stereocenters. The summed E-state index contributed by atoms with van der Waals surface area (Å²) in [7, 11) is 0. The van der Waals surface area contributed by atoms with E-state index in [4.69, 9.17) is 5.11 Å². The number of carboxylic acids is 1. The number of carboxylic acid groups (broad SMARTS) is 1. The van der Waals surface area contributed by atoms with Crippen LogP contribution in [0.3, 0.4) is 0 Å². The molecular formula is C10H19NO2. The van der Waals surface area contributed by atoms with Crippen molar-refractivity contribution in [2.45, 2.75) is 38.5 Å². The summed E-state index contributed by atoms with van der Waals surface area (Å²) >= 11 is 0. The number of rotatable bonds is 3. The van der Waals surface area contributed by atoms with Crippen molar-refractivity contribution in [3.63, 3.8) is 0 Å². The zero-order valence-electron chi connectivity index (χ0n) is 8.17. The van der Waals surface area contributed by atoms with Gasteiger partial charge in [-0.15, -0.1) is 0 Å². The maximum atomic E-state index is 10.4. The van der Waals surface area contributed by atoms with Gasteiger partial charge in [0.1, 0.15) is 0 Å². The topological polar surface area (TPSA) is 40.5 Å². The summed E-state index contributed by atoms with van der Waals surface area (Å²) in [5, 5.41) is 8.54. The number of hydrogen-bond acceptors (Lipinski definition) is 2. The van der Waals surface area contributed by atoms with E-state index in [-0.39, 0.29) is 0 Å². The molecule has 0 atom stereocenters. The minimum absolute atomic E-state index is 0.292. The van der Waals surface area contributed by atoms with Crippen LogP contribution in [0.4, 0.5) is 0 Å². The Morgan fingerprint density at radius 3 is 2.15 bits per heavy atom. The van der Waals surface area contributed by atoms with E-state index < -0.39 is 5.97 Å². The van der Waals surface area contributed by atoms with E-state index in [1.165, 1.54) is 32.1 Å². The Bertz CT molecular complexity index is 151. The van der Waals surface area contributed by atoms with Gasteiger partial charge in [-0.25, -0.2) is 0 Å². The van der Waals surface area contributed by atoms with Gasteiger partial charge in [-0.1, -0.05) is 19.3 Å². The highest BCUT2D eigenvalue weighted by molar-refractivity contribution is 5.66. The molecule has 0 saturated carbocycles. The number of aliphatic carboxylic acids is 1. The highest BCUT2D eigenvalue weighted by Crippen LogP contribution is 2.10. The van der Waals surface area contributed by atoms with Gasteiger partial charge in [0.05, 0.1) is 6.42 Å². The van der Waals surface area contributed by atoms with E-state index in [1.807, 2.05) is 0 Å². The third kappa shape index (κ3) is 4.88. The average molecular weight is 185 g/mol. The minimum Gasteiger partial charge on any atom is -0.481 e. The highest BCUT2D eigenvalue weighted by atomic mass is 16.4. The summed E-state index contributed by atoms with van der Waals surface area (Å²) < 4.78 is 0. The van der Waals surface area contributed by atoms with Crippen LogP contribution in [-0.2, 0) is 4.79 Å². The van der Waals surface area contributed by atoms with Gasteiger partial charge < -0.3 is 10.0 Å². The van der Waals surface area contributed by atoms with Crippen molar-refractivity contribution < 1.29 is 9.90 Å². The van der Waals surface area contributed by atoms with E-state index in [0.29, 0.717) is 6.42 Å². The minimum atomic E-state index is -0.679. The van der Waals surface area contributed by atoms with Crippen molar-refractivity contribution in [3.8, 4) is 0 Å². The molecule has 0 aromatic rings. The molecule has 1 N–H and O–H groups in total. The summed E-state index contributed by atoms with van der Waals surface area (Å²) in [6.45, 7) is 2.91. The second kappa shape index (κ2) is 5.97. The van der Waals surface area contributed by atoms with Gasteiger partial charge >= 0.3 is 5.97 Å². The quantitative estimate of drug-likeness (QED) is 0.728. The van der Waals surface area contributed by atoms with Crippen molar-refractivity contribution >= 4 is 5.97 Å². The van der Waals surface area contributed by atoms with E-state index >= 15 is 0 Å². The van der Waals surface area contributed by atoms with Gasteiger partial charge in [-0.3, -0.25) is 4.79 Å². The molecule has 1 fully saturated rings. The standard InChI is InChI=1S/C10H19NO2/c12-10(13)6-9-11-7-4-2-1-3-5-8-11/h1-9H2,(H,12,13). The molecule has 0 spiro atoms. The van der Waals surface area contributed by atoms with E-state index in [2.05, 4.69) is 4.90 Å². The van der Waals surface area contributed by atoms with Crippen LogP contribution in [0, 0.1) is 0 Å². The van der Waals surface area contributed by atoms with Gasteiger partial charge in [-0.2, -0.15) is 0 Å². The first kappa shape index (κ1) is 10.5. The molecule has 3 heteroatoms. The first-order valence-electron chi connectivity index (χ1n) is 5.23. The average Bonchev–Trinajstić information content (AvgIpc) is 2.01. The third-order valence-electron chi connectivity index (χ3n) is 2.59. The largest absolute Gasteiger partial charge is 0.481 e. The lowest BCUT2D eigenvalue weighted by Crippen LogP contribution is -2.29. The molecule has 1 aliphatic heterocycles. The van der Waals surface area contributed by atoms with Crippen molar-refractivity contribution in [1.29, 1.82) is 0 Å². The molecule has 0 aliphatic carbocycles. The van der Waals surface area contributed by atoms with Crippen molar-refractivity contribution in [2.24, 2.45) is 0 Å². The molecule has 0 aromatic carbocycles. The summed E-state index contributed by atoms with van der Waals surface area (Å²) in [4.78, 5) is 12.7. The number of nitrogens with zero attached hydrogens (tertiary/aromatic N) is 1. The molecule has 76 valence electrons. The lowest BCUT2D eigenvalue weighted by atomic mass is 10.1. The van der Waals surface area contributed by atoms with Crippen LogP contribution < -0.4 is 0 Å². The molecule has 0 aromatic heterocycles. The monoisotopic (exact) mass is 185 g/mol. The number of carbonyl (C=O) groups is 1. The highest BCUT2D eigenvalue weighted by Gasteiger charge is 2.08. The summed E-state index contributed by atoms with van der Waals surface area (Å²) in [5.41, 5.74) is 0. The maximum Gasteiger partial charge on any atom is 0.304 e. The van der Waals surface area contributed by atoms with Crippen molar-refractivity contribution in [3.05, 3.63) is 0 Å². The van der Waals surface area contributed by atoms with Crippen LogP contribution in [0.5, 0.6) is 0 Å². The molecule has 1 heterocycles. The molecule has 1 saturated heterocycles. The fourth-order valence-electron chi connectivity index (χ4n) is 1.79. The Labute approximate surface area is 79.7 Å². The van der Waals surface area contributed by atoms with Gasteiger partial charge in [0.2, 0.25) is 0 Å². The van der Waals surface area contributed by atoms with Crippen LogP contribution in [0.15, 0.2) is 0 Å². The molecule has 0 radical (unpaired) electrons. The molecule has 13 heavy (non-hydrogen) atoms. The van der Waals surface area contributed by atoms with E-state index in [0.717, 1.165) is 19.6 Å². The molecule has 1 rings (SSSR count). The summed E-state index contributed by atoms with van der Waals surface area (Å²) in [5.74, 6) is -0.679. The molecule has 3 nitrogen and oxygen atoms in total. The number of hydrogen-bond donors (Lipinski definition) is 1. The zero-order chi connectivity index (χ0) is 9.52. The molecule has 1 aliphatic rings. The van der Waals surface area contributed by atoms with Gasteiger partial charge in [0.25, 0.3) is 0 Å². The Kier molecular flexibility index (Phi) is 4.83. The second-order valence-corrected chi connectivity index (χ2v) is 3.75. The van der Waals surface area contributed by atoms with Crippen LogP contribution in [0.1, 0.15) is 38.5 Å². The van der Waals surface area contributed by atoms with Gasteiger partial charge in [-0.05, 0) is 25.9 Å². The lowest BCUT2D eigenvalue weighted by molar-refractivity contribution is -0.137. The lowest BCUT2D eigenvalue weighted by Gasteiger charge is -2.23. The smallest absolute Gasteiger partial charge is 0.304 e. The Hall–Kier alpha value is -0.570. The van der Waals surface area contributed by atoms with Crippen molar-refractivity contribution in [1.82, 2.24) is 4.90 Å². The van der Waals surface area contributed by atoms with Crippen LogP contribution in [0.2, 0.25) is 0 Å². The molecule has 0 bridgehead atoms. The fourth-order valence-corrected chi connectivity index (χ4v) is 1.79. The summed E-state index contributed by atoms with van der Waals surface area (Å²) in [6, 6.07) is 0. The SMILES string of the molecule is O=C(O)CCN1CCCCCCC1. The van der Waals surface area contributed by atoms with Crippen LogP contribution in [0.25, 0.3) is 0 Å². The third-order valence-corrected chi connectivity index (χ3v) is 2.59. The number of likely N-dealkylation sites (tertiary alicyclic amines) is 1. The predicted molar refractivity (Wildman–Crippen MR) is 51.8 cm³/mol. The Balaban J connectivity index is 2.17. The van der Waals surface area contributed by atoms with E-state index in [9.17, 15) is 4.79 Å². The fraction of sp³-hybridized carbons (Fsp3) is 0.900. The first-order chi connectivity index (χ1) is 6.29. The van der Waals surface area contributed by atoms with Crippen LogP contribution >= 0.6 is 0 Å². The van der Waals surface area contributed by atoms with Gasteiger partial charge in [0.15, 0.2) is 0 Å². The maximum absolute atomic E-state index is 10.4. The molecule has 0 amide bonds. The van der Waals surface area contributed by atoms with Gasteiger partial charge in [0, 0.05) is 6.54 Å². The van der Waals surface area contributed by atoms with E-state index in [1.54, 1.807) is 0 Å². The predicted octanol–water partition coefficient (Wildman–Crippen LogP) is 1.73. The van der Waals surface area contributed by atoms with Crippen LogP contribution in [-0.4, -0.2) is 35.6 Å². The van der Waals surface area contributed by atoms with Crippen molar-refractivity contribution in [2.75, 3.05) is 19.6 Å². The first-order valence-corrected chi connectivity index (χ1v) is 5.23. The Morgan fingerprint density at radius 1 is 1.08 bits per heavy atom. The second-order valence-electron chi connectivity index (χ2n) is 3.75. The zero-order valence-corrected chi connectivity index (χ0v) is 8.17.